The van der Waals surface area contributed by atoms with Crippen molar-refractivity contribution in [2.45, 2.75) is 6.61 Å². The van der Waals surface area contributed by atoms with Crippen molar-refractivity contribution in [2.24, 2.45) is 4.99 Å². The predicted octanol–water partition coefficient (Wildman–Crippen LogP) is 1.88. The summed E-state index contributed by atoms with van der Waals surface area (Å²) in [5, 5.41) is 5.00. The van der Waals surface area contributed by atoms with Crippen molar-refractivity contribution < 1.29 is 13.5 Å². The molecular weight excluding hydrogens is 256 g/mol. The molecular formula is C12H11F2N3O2. The third kappa shape index (κ3) is 2.94. The molecule has 0 radical (unpaired) electrons. The molecule has 19 heavy (non-hydrogen) atoms. The topological polar surface area (TPSA) is 70.2 Å². The Bertz CT molecular complexity index is 661. The van der Waals surface area contributed by atoms with Gasteiger partial charge in [0.15, 0.2) is 5.82 Å². The van der Waals surface area contributed by atoms with Gasteiger partial charge < -0.3 is 4.74 Å². The van der Waals surface area contributed by atoms with E-state index in [9.17, 15) is 13.6 Å². The van der Waals surface area contributed by atoms with E-state index in [0.29, 0.717) is 5.69 Å². The molecule has 0 unspecified atom stereocenters. The Balaban J connectivity index is 2.32. The Kier molecular flexibility index (Phi) is 3.86. The summed E-state index contributed by atoms with van der Waals surface area (Å²) < 4.78 is 31.0. The van der Waals surface area contributed by atoms with Crippen LogP contribution in [0.1, 0.15) is 11.3 Å². The van der Waals surface area contributed by atoms with Gasteiger partial charge in [0, 0.05) is 19.4 Å². The molecule has 0 saturated heterocycles. The Morgan fingerprint density at radius 1 is 1.37 bits per heavy atom. The molecule has 2 aromatic rings. The second kappa shape index (κ2) is 5.57. The number of hydrogen-bond donors (Lipinski definition) is 2. The van der Waals surface area contributed by atoms with Gasteiger partial charge in [0.05, 0.1) is 23.6 Å². The lowest BCUT2D eigenvalue weighted by atomic mass is 10.2. The lowest BCUT2D eigenvalue weighted by Crippen LogP contribution is -2.06. The summed E-state index contributed by atoms with van der Waals surface area (Å²) in [6.45, 7) is 0.187. The van der Waals surface area contributed by atoms with Gasteiger partial charge in [-0.3, -0.25) is 20.0 Å². The molecule has 5 nitrogen and oxygen atoms in total. The Hall–Kier alpha value is -2.28. The summed E-state index contributed by atoms with van der Waals surface area (Å²) in [4.78, 5) is 15.3. The second-order valence-corrected chi connectivity index (χ2v) is 3.76. The Morgan fingerprint density at radius 2 is 2.16 bits per heavy atom. The van der Waals surface area contributed by atoms with Crippen LogP contribution in [0.2, 0.25) is 0 Å². The molecule has 2 N–H and O–H groups in total. The summed E-state index contributed by atoms with van der Waals surface area (Å²) in [5.74, 6) is -1.48. The summed E-state index contributed by atoms with van der Waals surface area (Å²) in [6.07, 6.45) is 1.21. The average Bonchev–Trinajstić information content (AvgIpc) is 2.70. The second-order valence-electron chi connectivity index (χ2n) is 3.76. The van der Waals surface area contributed by atoms with Crippen LogP contribution in [0.5, 0.6) is 0 Å². The number of methoxy groups -OCH3 is 1. The Labute approximate surface area is 106 Å². The molecule has 0 spiro atoms. The minimum Gasteiger partial charge on any atom is -0.378 e. The highest BCUT2D eigenvalue weighted by Gasteiger charge is 2.08. The van der Waals surface area contributed by atoms with Gasteiger partial charge >= 0.3 is 0 Å². The van der Waals surface area contributed by atoms with E-state index in [-0.39, 0.29) is 17.9 Å². The van der Waals surface area contributed by atoms with Crippen LogP contribution in [-0.4, -0.2) is 23.5 Å². The molecule has 1 aromatic heterocycles. The third-order valence-electron chi connectivity index (χ3n) is 2.43. The number of benzene rings is 1. The van der Waals surface area contributed by atoms with E-state index in [2.05, 4.69) is 15.2 Å². The van der Waals surface area contributed by atoms with E-state index in [0.717, 1.165) is 12.1 Å². The van der Waals surface area contributed by atoms with Gasteiger partial charge in [-0.15, -0.1) is 0 Å². The van der Waals surface area contributed by atoms with E-state index < -0.39 is 17.2 Å². The van der Waals surface area contributed by atoms with Crippen molar-refractivity contribution in [3.05, 3.63) is 51.4 Å². The molecule has 0 aliphatic rings. The summed E-state index contributed by atoms with van der Waals surface area (Å²) in [7, 11) is 1.48. The lowest BCUT2D eigenvalue weighted by Gasteiger charge is -1.97. The summed E-state index contributed by atoms with van der Waals surface area (Å²) >= 11 is 0. The zero-order valence-electron chi connectivity index (χ0n) is 10.0. The van der Waals surface area contributed by atoms with Gasteiger partial charge in [0.2, 0.25) is 0 Å². The fraction of sp³-hybridized carbons (Fsp3) is 0.167. The number of nitrogens with zero attached hydrogens (tertiary/aromatic N) is 1. The number of aliphatic imine (C=N–C) groups is 1. The van der Waals surface area contributed by atoms with E-state index >= 15 is 0 Å². The molecule has 100 valence electrons. The Morgan fingerprint density at radius 3 is 2.84 bits per heavy atom. The van der Waals surface area contributed by atoms with Crippen molar-refractivity contribution in [3.63, 3.8) is 0 Å². The maximum Gasteiger partial charge on any atom is 0.273 e. The number of rotatable bonds is 4. The molecule has 0 saturated carbocycles. The molecule has 0 aliphatic carbocycles. The molecule has 0 bridgehead atoms. The van der Waals surface area contributed by atoms with Crippen LogP contribution in [0, 0.1) is 11.6 Å². The van der Waals surface area contributed by atoms with E-state index in [1.54, 1.807) is 0 Å². The van der Waals surface area contributed by atoms with Crippen molar-refractivity contribution >= 4 is 11.9 Å². The first-order valence-electron chi connectivity index (χ1n) is 5.39. The van der Waals surface area contributed by atoms with Crippen LogP contribution < -0.4 is 5.56 Å². The first-order chi connectivity index (χ1) is 9.11. The molecule has 0 amide bonds. The van der Waals surface area contributed by atoms with E-state index in [1.807, 2.05) is 0 Å². The van der Waals surface area contributed by atoms with Crippen LogP contribution in [0.25, 0.3) is 0 Å². The number of halogens is 2. The average molecular weight is 267 g/mol. The number of ether oxygens (including phenoxy) is 1. The van der Waals surface area contributed by atoms with E-state index in [4.69, 9.17) is 4.74 Å². The first-order valence-corrected chi connectivity index (χ1v) is 5.39. The third-order valence-corrected chi connectivity index (χ3v) is 2.43. The molecule has 7 heteroatoms. The number of aromatic nitrogens is 2. The molecule has 0 aliphatic heterocycles. The number of aromatic amines is 2. The summed E-state index contributed by atoms with van der Waals surface area (Å²) in [5.41, 5.74) is 0.299. The van der Waals surface area contributed by atoms with Gasteiger partial charge in [-0.05, 0) is 12.1 Å². The van der Waals surface area contributed by atoms with Crippen LogP contribution in [0.3, 0.4) is 0 Å². The molecule has 0 fully saturated rings. The maximum atomic E-state index is 13.4. The first kappa shape index (κ1) is 13.2. The fourth-order valence-corrected chi connectivity index (χ4v) is 1.52. The normalized spacial score (nSPS) is 11.3. The van der Waals surface area contributed by atoms with Gasteiger partial charge in [0.1, 0.15) is 5.82 Å². The quantitative estimate of drug-likeness (QED) is 0.830. The van der Waals surface area contributed by atoms with Crippen LogP contribution >= 0.6 is 0 Å². The summed E-state index contributed by atoms with van der Waals surface area (Å²) in [6, 6.07) is 3.01. The number of hydrogen-bond acceptors (Lipinski definition) is 3. The highest BCUT2D eigenvalue weighted by atomic mass is 19.1. The number of nitrogens with one attached hydrogen (secondary N) is 2. The van der Waals surface area contributed by atoms with Gasteiger partial charge in [-0.1, -0.05) is 0 Å². The minimum absolute atomic E-state index is 0.0506. The lowest BCUT2D eigenvalue weighted by molar-refractivity contribution is 0.181. The van der Waals surface area contributed by atoms with Crippen LogP contribution in [0.15, 0.2) is 28.0 Å². The van der Waals surface area contributed by atoms with E-state index in [1.165, 1.54) is 19.4 Å². The predicted molar refractivity (Wildman–Crippen MR) is 65.7 cm³/mol. The highest BCUT2D eigenvalue weighted by Crippen LogP contribution is 2.18. The SMILES string of the molecule is COCc1[nH][nH]c(=O)c1C=Nc1ccc(F)cc1F. The zero-order valence-corrected chi connectivity index (χ0v) is 10.0. The molecule has 0 atom stereocenters. The van der Waals surface area contributed by atoms with Crippen LogP contribution in [0.4, 0.5) is 14.5 Å². The largest absolute Gasteiger partial charge is 0.378 e. The van der Waals surface area contributed by atoms with Crippen LogP contribution in [-0.2, 0) is 11.3 Å². The highest BCUT2D eigenvalue weighted by molar-refractivity contribution is 5.82. The number of H-pyrrole nitrogens is 2. The monoisotopic (exact) mass is 267 g/mol. The molecule has 1 heterocycles. The van der Waals surface area contributed by atoms with Crippen molar-refractivity contribution in [2.75, 3.05) is 7.11 Å². The minimum atomic E-state index is -0.795. The fourth-order valence-electron chi connectivity index (χ4n) is 1.52. The maximum absolute atomic E-state index is 13.4. The zero-order chi connectivity index (χ0) is 13.8. The van der Waals surface area contributed by atoms with Crippen molar-refractivity contribution in [1.29, 1.82) is 0 Å². The van der Waals surface area contributed by atoms with Gasteiger partial charge in [-0.25, -0.2) is 8.78 Å². The van der Waals surface area contributed by atoms with Gasteiger partial charge in [0.25, 0.3) is 5.56 Å². The molecule has 1 aromatic carbocycles. The van der Waals surface area contributed by atoms with Crippen molar-refractivity contribution in [1.82, 2.24) is 10.2 Å². The van der Waals surface area contributed by atoms with Crippen molar-refractivity contribution in [3.8, 4) is 0 Å². The standard InChI is InChI=1S/C12H11F2N3O2/c1-19-6-11-8(12(18)17-16-11)5-15-10-3-2-7(13)4-9(10)14/h2-5H,6H2,1H3,(H2,16,17,18). The molecule has 2 rings (SSSR count). The van der Waals surface area contributed by atoms with Gasteiger partial charge in [-0.2, -0.15) is 0 Å². The smallest absolute Gasteiger partial charge is 0.273 e.